The molecule has 0 aliphatic carbocycles. The first-order valence-electron chi connectivity index (χ1n) is 3.60. The molecule has 0 spiro atoms. The van der Waals surface area contributed by atoms with Gasteiger partial charge in [-0.05, 0) is 18.6 Å². The predicted octanol–water partition coefficient (Wildman–Crippen LogP) is 0.0297. The molecule has 1 aromatic rings. The molecule has 13 heavy (non-hydrogen) atoms. The summed E-state index contributed by atoms with van der Waals surface area (Å²) >= 11 is 0. The van der Waals surface area contributed by atoms with E-state index in [0.717, 1.165) is 9.87 Å². The van der Waals surface area contributed by atoms with Crippen LogP contribution in [0.2, 0.25) is 0 Å². The molecule has 5 nitrogen and oxygen atoms in total. The van der Waals surface area contributed by atoms with Crippen molar-refractivity contribution in [3.8, 4) is 0 Å². The monoisotopic (exact) mass is 201 g/mol. The zero-order chi connectivity index (χ0) is 10.1. The second-order valence-corrected chi connectivity index (χ2v) is 4.25. The molecule has 72 valence electrons. The normalized spacial score (nSPS) is 11.3. The minimum absolute atomic E-state index is 0.491. The lowest BCUT2D eigenvalue weighted by molar-refractivity contribution is 0.596. The summed E-state index contributed by atoms with van der Waals surface area (Å²) in [5.74, 6) is 0. The second kappa shape index (κ2) is 3.31. The lowest BCUT2D eigenvalue weighted by Crippen LogP contribution is -2.33. The topological polar surface area (TPSA) is 76.3 Å². The molecule has 1 aromatic heterocycles. The Morgan fingerprint density at radius 2 is 2.15 bits per heavy atom. The molecule has 0 saturated carbocycles. The van der Waals surface area contributed by atoms with Gasteiger partial charge in [-0.2, -0.15) is 8.42 Å². The van der Waals surface area contributed by atoms with E-state index >= 15 is 0 Å². The van der Waals surface area contributed by atoms with Crippen molar-refractivity contribution >= 4 is 15.9 Å². The Hall–Kier alpha value is -1.14. The SMILES string of the molecule is Cc1ccncc1N(C)S(N)(=O)=O. The summed E-state index contributed by atoms with van der Waals surface area (Å²) in [6.07, 6.45) is 3.05. The molecule has 0 radical (unpaired) electrons. The summed E-state index contributed by atoms with van der Waals surface area (Å²) < 4.78 is 22.9. The van der Waals surface area contributed by atoms with Crippen molar-refractivity contribution in [2.45, 2.75) is 6.92 Å². The zero-order valence-electron chi connectivity index (χ0n) is 7.43. The summed E-state index contributed by atoms with van der Waals surface area (Å²) in [6, 6.07) is 1.72. The Kier molecular flexibility index (Phi) is 2.53. The molecular weight excluding hydrogens is 190 g/mol. The first-order chi connectivity index (χ1) is 5.93. The third kappa shape index (κ3) is 2.16. The number of aromatic nitrogens is 1. The van der Waals surface area contributed by atoms with Crippen LogP contribution >= 0.6 is 0 Å². The first-order valence-corrected chi connectivity index (χ1v) is 5.10. The number of pyridine rings is 1. The van der Waals surface area contributed by atoms with Gasteiger partial charge >= 0.3 is 0 Å². The Balaban J connectivity index is 3.17. The number of hydrogen-bond donors (Lipinski definition) is 1. The van der Waals surface area contributed by atoms with Crippen LogP contribution in [0.15, 0.2) is 18.5 Å². The molecule has 0 unspecified atom stereocenters. The highest BCUT2D eigenvalue weighted by molar-refractivity contribution is 7.90. The number of anilines is 1. The van der Waals surface area contributed by atoms with Crippen LogP contribution in [0, 0.1) is 6.92 Å². The fraction of sp³-hybridized carbons (Fsp3) is 0.286. The van der Waals surface area contributed by atoms with Crippen molar-refractivity contribution < 1.29 is 8.42 Å². The Labute approximate surface area is 77.4 Å². The predicted molar refractivity (Wildman–Crippen MR) is 50.5 cm³/mol. The van der Waals surface area contributed by atoms with E-state index in [2.05, 4.69) is 4.98 Å². The van der Waals surface area contributed by atoms with Crippen LogP contribution in [0.25, 0.3) is 0 Å². The molecule has 0 aromatic carbocycles. The van der Waals surface area contributed by atoms with Gasteiger partial charge in [0.15, 0.2) is 0 Å². The molecule has 0 bridgehead atoms. The van der Waals surface area contributed by atoms with Crippen LogP contribution in [-0.2, 0) is 10.2 Å². The molecule has 1 rings (SSSR count). The van der Waals surface area contributed by atoms with Gasteiger partial charge in [-0.1, -0.05) is 0 Å². The minimum Gasteiger partial charge on any atom is -0.263 e. The summed E-state index contributed by atoms with van der Waals surface area (Å²) in [7, 11) is -2.30. The maximum absolute atomic E-state index is 11.0. The minimum atomic E-state index is -3.69. The lowest BCUT2D eigenvalue weighted by atomic mass is 10.2. The zero-order valence-corrected chi connectivity index (χ0v) is 8.25. The van der Waals surface area contributed by atoms with Crippen LogP contribution in [0.5, 0.6) is 0 Å². The maximum atomic E-state index is 11.0. The van der Waals surface area contributed by atoms with Crippen LogP contribution < -0.4 is 9.44 Å². The van der Waals surface area contributed by atoms with Crippen LogP contribution in [0.1, 0.15) is 5.56 Å². The molecular formula is C7H11N3O2S. The van der Waals surface area contributed by atoms with E-state index in [1.165, 1.54) is 13.2 Å². The number of aryl methyl sites for hydroxylation is 1. The standard InChI is InChI=1S/C7H11N3O2S/c1-6-3-4-9-5-7(6)10(2)13(8,11)12/h3-5H,1-2H3,(H2,8,11,12). The quantitative estimate of drug-likeness (QED) is 0.733. The fourth-order valence-electron chi connectivity index (χ4n) is 0.922. The molecule has 6 heteroatoms. The van der Waals surface area contributed by atoms with E-state index in [4.69, 9.17) is 5.14 Å². The van der Waals surface area contributed by atoms with Gasteiger partial charge in [-0.15, -0.1) is 0 Å². The first kappa shape index (κ1) is 9.94. The Morgan fingerprint density at radius 1 is 1.54 bits per heavy atom. The third-order valence-corrected chi connectivity index (χ3v) is 2.69. The Bertz CT molecular complexity index is 402. The fourth-order valence-corrected chi connectivity index (χ4v) is 1.39. The number of rotatable bonds is 2. The van der Waals surface area contributed by atoms with Crippen molar-refractivity contribution in [3.63, 3.8) is 0 Å². The van der Waals surface area contributed by atoms with Crippen molar-refractivity contribution in [2.24, 2.45) is 5.14 Å². The Morgan fingerprint density at radius 3 is 2.62 bits per heavy atom. The smallest absolute Gasteiger partial charge is 0.263 e. The van der Waals surface area contributed by atoms with E-state index in [0.29, 0.717) is 5.69 Å². The average molecular weight is 201 g/mol. The molecule has 0 amide bonds. The highest BCUT2D eigenvalue weighted by Gasteiger charge is 2.13. The molecule has 2 N–H and O–H groups in total. The van der Waals surface area contributed by atoms with E-state index in [-0.39, 0.29) is 0 Å². The molecule has 0 fully saturated rings. The van der Waals surface area contributed by atoms with E-state index in [1.54, 1.807) is 19.2 Å². The van der Waals surface area contributed by atoms with Gasteiger partial charge in [0.05, 0.1) is 11.9 Å². The van der Waals surface area contributed by atoms with Gasteiger partial charge in [0.2, 0.25) is 0 Å². The highest BCUT2D eigenvalue weighted by Crippen LogP contribution is 2.17. The van der Waals surface area contributed by atoms with Crippen LogP contribution in [0.4, 0.5) is 5.69 Å². The molecule has 0 aliphatic rings. The molecule has 1 heterocycles. The lowest BCUT2D eigenvalue weighted by Gasteiger charge is -2.17. The van der Waals surface area contributed by atoms with Gasteiger partial charge in [-0.25, -0.2) is 5.14 Å². The van der Waals surface area contributed by atoms with Gasteiger partial charge in [0.1, 0.15) is 0 Å². The van der Waals surface area contributed by atoms with Gasteiger partial charge < -0.3 is 0 Å². The summed E-state index contributed by atoms with van der Waals surface area (Å²) in [4.78, 5) is 3.82. The van der Waals surface area contributed by atoms with Crippen molar-refractivity contribution in [1.82, 2.24) is 4.98 Å². The summed E-state index contributed by atoms with van der Waals surface area (Å²) in [6.45, 7) is 1.79. The van der Waals surface area contributed by atoms with Gasteiger partial charge in [-0.3, -0.25) is 9.29 Å². The number of hydrogen-bond acceptors (Lipinski definition) is 3. The highest BCUT2D eigenvalue weighted by atomic mass is 32.2. The van der Waals surface area contributed by atoms with Crippen molar-refractivity contribution in [3.05, 3.63) is 24.0 Å². The van der Waals surface area contributed by atoms with Crippen molar-refractivity contribution in [1.29, 1.82) is 0 Å². The van der Waals surface area contributed by atoms with Gasteiger partial charge in [0, 0.05) is 13.2 Å². The van der Waals surface area contributed by atoms with Crippen LogP contribution in [0.3, 0.4) is 0 Å². The van der Waals surface area contributed by atoms with E-state index in [9.17, 15) is 8.42 Å². The van der Waals surface area contributed by atoms with Crippen molar-refractivity contribution in [2.75, 3.05) is 11.4 Å². The second-order valence-electron chi connectivity index (χ2n) is 2.67. The molecule has 0 atom stereocenters. The van der Waals surface area contributed by atoms with E-state index < -0.39 is 10.2 Å². The van der Waals surface area contributed by atoms with Crippen LogP contribution in [-0.4, -0.2) is 20.4 Å². The third-order valence-electron chi connectivity index (χ3n) is 1.73. The van der Waals surface area contributed by atoms with Gasteiger partial charge in [0.25, 0.3) is 10.2 Å². The largest absolute Gasteiger partial charge is 0.298 e. The van der Waals surface area contributed by atoms with E-state index in [1.807, 2.05) is 0 Å². The maximum Gasteiger partial charge on any atom is 0.298 e. The molecule has 0 aliphatic heterocycles. The number of nitrogens with zero attached hydrogens (tertiary/aromatic N) is 2. The summed E-state index contributed by atoms with van der Waals surface area (Å²) in [5, 5.41) is 4.95. The average Bonchev–Trinajstić information content (AvgIpc) is 2.02. The number of nitrogens with two attached hydrogens (primary N) is 1. The summed E-state index contributed by atoms with van der Waals surface area (Å²) in [5.41, 5.74) is 1.30. The molecule has 0 saturated heterocycles.